The number of morpholine rings is 1. The molecule has 1 fully saturated rings. The van der Waals surface area contributed by atoms with Gasteiger partial charge >= 0.3 is 0 Å². The standard InChI is InChI=1S/C14H23N3O2/c1-3-17(7-6-16-8-10-19-11-9-16)14(18)13-4-5-15-12(13)2/h4-5,15H,3,6-11H2,1-2H3. The molecule has 0 saturated carbocycles. The van der Waals surface area contributed by atoms with Crippen LogP contribution >= 0.6 is 0 Å². The third-order valence-corrected chi connectivity index (χ3v) is 3.64. The summed E-state index contributed by atoms with van der Waals surface area (Å²) in [6.07, 6.45) is 1.82. The molecule has 1 saturated heterocycles. The Bertz CT molecular complexity index is 411. The summed E-state index contributed by atoms with van der Waals surface area (Å²) < 4.78 is 5.33. The molecule has 0 spiro atoms. The van der Waals surface area contributed by atoms with Gasteiger partial charge in [0.15, 0.2) is 0 Å². The highest BCUT2D eigenvalue weighted by molar-refractivity contribution is 5.95. The topological polar surface area (TPSA) is 48.6 Å². The minimum absolute atomic E-state index is 0.120. The van der Waals surface area contributed by atoms with Gasteiger partial charge in [-0.2, -0.15) is 0 Å². The van der Waals surface area contributed by atoms with E-state index in [2.05, 4.69) is 9.88 Å². The van der Waals surface area contributed by atoms with E-state index in [0.717, 1.165) is 57.2 Å². The van der Waals surface area contributed by atoms with Crippen LogP contribution in [0.15, 0.2) is 12.3 Å². The molecule has 1 aromatic rings. The summed E-state index contributed by atoms with van der Waals surface area (Å²) in [6, 6.07) is 1.86. The van der Waals surface area contributed by atoms with Crippen molar-refractivity contribution in [2.45, 2.75) is 13.8 Å². The average molecular weight is 265 g/mol. The lowest BCUT2D eigenvalue weighted by atomic mass is 10.2. The molecular formula is C14H23N3O2. The summed E-state index contributed by atoms with van der Waals surface area (Å²) in [4.78, 5) is 19.7. The Kier molecular flexibility index (Phi) is 4.99. The van der Waals surface area contributed by atoms with Gasteiger partial charge in [-0.05, 0) is 19.9 Å². The van der Waals surface area contributed by atoms with Crippen molar-refractivity contribution in [2.75, 3.05) is 45.9 Å². The molecule has 19 heavy (non-hydrogen) atoms. The van der Waals surface area contributed by atoms with Crippen molar-refractivity contribution >= 4 is 5.91 Å². The summed E-state index contributed by atoms with van der Waals surface area (Å²) >= 11 is 0. The number of aromatic amines is 1. The number of ether oxygens (including phenoxy) is 1. The zero-order chi connectivity index (χ0) is 13.7. The van der Waals surface area contributed by atoms with Crippen LogP contribution in [0.5, 0.6) is 0 Å². The van der Waals surface area contributed by atoms with E-state index in [4.69, 9.17) is 4.74 Å². The van der Waals surface area contributed by atoms with Gasteiger partial charge in [0, 0.05) is 44.6 Å². The summed E-state index contributed by atoms with van der Waals surface area (Å²) in [5.74, 6) is 0.120. The second-order valence-electron chi connectivity index (χ2n) is 4.86. The zero-order valence-corrected chi connectivity index (χ0v) is 11.8. The van der Waals surface area contributed by atoms with Crippen molar-refractivity contribution in [3.63, 3.8) is 0 Å². The Morgan fingerprint density at radius 2 is 2.21 bits per heavy atom. The molecule has 1 aliphatic heterocycles. The van der Waals surface area contributed by atoms with Crippen LogP contribution in [0.3, 0.4) is 0 Å². The highest BCUT2D eigenvalue weighted by atomic mass is 16.5. The maximum atomic E-state index is 12.4. The van der Waals surface area contributed by atoms with Crippen molar-refractivity contribution in [3.05, 3.63) is 23.5 Å². The number of aryl methyl sites for hydroxylation is 1. The fraction of sp³-hybridized carbons (Fsp3) is 0.643. The van der Waals surface area contributed by atoms with Gasteiger partial charge in [-0.15, -0.1) is 0 Å². The quantitative estimate of drug-likeness (QED) is 0.868. The van der Waals surface area contributed by atoms with Gasteiger partial charge in [-0.1, -0.05) is 0 Å². The SMILES string of the molecule is CCN(CCN1CCOCC1)C(=O)c1cc[nH]c1C. The number of aromatic nitrogens is 1. The lowest BCUT2D eigenvalue weighted by Gasteiger charge is -2.29. The molecule has 1 N–H and O–H groups in total. The van der Waals surface area contributed by atoms with E-state index in [1.165, 1.54) is 0 Å². The van der Waals surface area contributed by atoms with Crippen LogP contribution in [0.1, 0.15) is 23.0 Å². The number of carbonyl (C=O) groups is 1. The van der Waals surface area contributed by atoms with Crippen molar-refractivity contribution in [1.29, 1.82) is 0 Å². The van der Waals surface area contributed by atoms with Crippen LogP contribution in [0.2, 0.25) is 0 Å². The van der Waals surface area contributed by atoms with Crippen LogP contribution < -0.4 is 0 Å². The average Bonchev–Trinajstić information content (AvgIpc) is 2.86. The molecule has 0 bridgehead atoms. The highest BCUT2D eigenvalue weighted by Gasteiger charge is 2.18. The summed E-state index contributed by atoms with van der Waals surface area (Å²) in [5.41, 5.74) is 1.72. The van der Waals surface area contributed by atoms with Gasteiger partial charge < -0.3 is 14.6 Å². The monoisotopic (exact) mass is 265 g/mol. The number of likely N-dealkylation sites (N-methyl/N-ethyl adjacent to an activating group) is 1. The van der Waals surface area contributed by atoms with E-state index in [9.17, 15) is 4.79 Å². The van der Waals surface area contributed by atoms with Crippen LogP contribution in [0, 0.1) is 6.92 Å². The van der Waals surface area contributed by atoms with E-state index in [1.807, 2.05) is 31.0 Å². The summed E-state index contributed by atoms with van der Waals surface area (Å²) in [6.45, 7) is 9.94. The Balaban J connectivity index is 1.89. The highest BCUT2D eigenvalue weighted by Crippen LogP contribution is 2.09. The molecular weight excluding hydrogens is 242 g/mol. The normalized spacial score (nSPS) is 16.5. The van der Waals surface area contributed by atoms with E-state index in [-0.39, 0.29) is 5.91 Å². The Morgan fingerprint density at radius 1 is 1.47 bits per heavy atom. The summed E-state index contributed by atoms with van der Waals surface area (Å²) in [5, 5.41) is 0. The molecule has 2 rings (SSSR count). The minimum Gasteiger partial charge on any atom is -0.379 e. The first-order chi connectivity index (χ1) is 9.22. The number of hydrogen-bond donors (Lipinski definition) is 1. The number of carbonyl (C=O) groups excluding carboxylic acids is 1. The van der Waals surface area contributed by atoms with Crippen molar-refractivity contribution in [3.8, 4) is 0 Å². The lowest BCUT2D eigenvalue weighted by Crippen LogP contribution is -2.43. The molecule has 2 heterocycles. The molecule has 0 aliphatic carbocycles. The van der Waals surface area contributed by atoms with E-state index in [0.29, 0.717) is 0 Å². The first-order valence-corrected chi connectivity index (χ1v) is 6.95. The molecule has 1 aromatic heterocycles. The van der Waals surface area contributed by atoms with Crippen molar-refractivity contribution in [2.24, 2.45) is 0 Å². The molecule has 0 unspecified atom stereocenters. The second-order valence-corrected chi connectivity index (χ2v) is 4.86. The third-order valence-electron chi connectivity index (χ3n) is 3.64. The maximum absolute atomic E-state index is 12.4. The first-order valence-electron chi connectivity index (χ1n) is 6.95. The smallest absolute Gasteiger partial charge is 0.255 e. The molecule has 0 radical (unpaired) electrons. The Hall–Kier alpha value is -1.33. The predicted octanol–water partition coefficient (Wildman–Crippen LogP) is 1.12. The van der Waals surface area contributed by atoms with Crippen molar-refractivity contribution in [1.82, 2.24) is 14.8 Å². The van der Waals surface area contributed by atoms with Crippen LogP contribution in [0.4, 0.5) is 0 Å². The summed E-state index contributed by atoms with van der Waals surface area (Å²) in [7, 11) is 0. The molecule has 1 aliphatic rings. The van der Waals surface area contributed by atoms with Crippen molar-refractivity contribution < 1.29 is 9.53 Å². The fourth-order valence-corrected chi connectivity index (χ4v) is 2.34. The molecule has 5 heteroatoms. The molecule has 0 aromatic carbocycles. The maximum Gasteiger partial charge on any atom is 0.255 e. The lowest BCUT2D eigenvalue weighted by molar-refractivity contribution is 0.0328. The van der Waals surface area contributed by atoms with Gasteiger partial charge in [-0.25, -0.2) is 0 Å². The number of amides is 1. The molecule has 0 atom stereocenters. The third kappa shape index (κ3) is 3.58. The number of hydrogen-bond acceptors (Lipinski definition) is 3. The molecule has 106 valence electrons. The minimum atomic E-state index is 0.120. The predicted molar refractivity (Wildman–Crippen MR) is 74.4 cm³/mol. The zero-order valence-electron chi connectivity index (χ0n) is 11.8. The number of H-pyrrole nitrogens is 1. The Morgan fingerprint density at radius 3 is 2.79 bits per heavy atom. The van der Waals surface area contributed by atoms with Gasteiger partial charge in [0.05, 0.1) is 18.8 Å². The van der Waals surface area contributed by atoms with Gasteiger partial charge in [0.25, 0.3) is 5.91 Å². The van der Waals surface area contributed by atoms with E-state index in [1.54, 1.807) is 0 Å². The van der Waals surface area contributed by atoms with Gasteiger partial charge in [0.1, 0.15) is 0 Å². The number of nitrogens with one attached hydrogen (secondary N) is 1. The van der Waals surface area contributed by atoms with Crippen LogP contribution in [-0.2, 0) is 4.74 Å². The first kappa shape index (κ1) is 14.1. The second kappa shape index (κ2) is 6.73. The number of nitrogens with zero attached hydrogens (tertiary/aromatic N) is 2. The Labute approximate surface area is 114 Å². The molecule has 1 amide bonds. The molecule has 5 nitrogen and oxygen atoms in total. The van der Waals surface area contributed by atoms with E-state index < -0.39 is 0 Å². The number of rotatable bonds is 5. The van der Waals surface area contributed by atoms with Crippen LogP contribution in [-0.4, -0.2) is 66.6 Å². The van der Waals surface area contributed by atoms with Gasteiger partial charge in [0.2, 0.25) is 0 Å². The van der Waals surface area contributed by atoms with Crippen LogP contribution in [0.25, 0.3) is 0 Å². The van der Waals surface area contributed by atoms with E-state index >= 15 is 0 Å². The van der Waals surface area contributed by atoms with Gasteiger partial charge in [-0.3, -0.25) is 9.69 Å². The largest absolute Gasteiger partial charge is 0.379 e. The fourth-order valence-electron chi connectivity index (χ4n) is 2.34.